The van der Waals surface area contributed by atoms with Crippen LogP contribution in [0.2, 0.25) is 0 Å². The van der Waals surface area contributed by atoms with Crippen LogP contribution < -0.4 is 10.2 Å². The molecule has 2 heterocycles. The van der Waals surface area contributed by atoms with E-state index in [1.807, 2.05) is 6.07 Å². The molecule has 6 nitrogen and oxygen atoms in total. The zero-order chi connectivity index (χ0) is 20.8. The largest absolute Gasteiger partial charge is 0.371 e. The third-order valence-corrected chi connectivity index (χ3v) is 5.61. The van der Waals surface area contributed by atoms with Crippen molar-refractivity contribution < 1.29 is 14.4 Å². The molecule has 0 unspecified atom stereocenters. The van der Waals surface area contributed by atoms with E-state index in [0.29, 0.717) is 6.54 Å². The van der Waals surface area contributed by atoms with Gasteiger partial charge in [-0.25, -0.2) is 4.79 Å². The van der Waals surface area contributed by atoms with E-state index in [9.17, 15) is 14.4 Å². The molecule has 1 aromatic rings. The maximum atomic E-state index is 12.8. The Morgan fingerprint density at radius 3 is 2.55 bits per heavy atom. The predicted molar refractivity (Wildman–Crippen MR) is 115 cm³/mol. The highest BCUT2D eigenvalue weighted by Crippen LogP contribution is 2.30. The highest BCUT2D eigenvalue weighted by Gasteiger charge is 2.35. The third kappa shape index (κ3) is 4.86. The summed E-state index contributed by atoms with van der Waals surface area (Å²) < 4.78 is 0. The zero-order valence-corrected chi connectivity index (χ0v) is 17.5. The van der Waals surface area contributed by atoms with Gasteiger partial charge in [-0.3, -0.25) is 19.8 Å². The van der Waals surface area contributed by atoms with E-state index in [1.165, 1.54) is 24.1 Å². The third-order valence-electron chi connectivity index (χ3n) is 5.61. The number of carbonyl (C=O) groups excluding carboxylic acids is 3. The summed E-state index contributed by atoms with van der Waals surface area (Å²) >= 11 is 0. The standard InChI is InChI=1S/C23H31N3O3/c1-3-5-7-8-13-26-22(28)19(21(27)24-23(26)29)16-17-9-10-20-18(15-17)11-14-25(20)12-6-4-2/h9-10,15-16H,3-8,11-14H2,1-2H3,(H,24,27,29). The van der Waals surface area contributed by atoms with Gasteiger partial charge in [0.05, 0.1) is 0 Å². The first-order chi connectivity index (χ1) is 14.0. The fourth-order valence-corrected chi connectivity index (χ4v) is 3.92. The lowest BCUT2D eigenvalue weighted by molar-refractivity contribution is -0.130. The lowest BCUT2D eigenvalue weighted by Crippen LogP contribution is -2.54. The number of imide groups is 2. The van der Waals surface area contributed by atoms with E-state index in [2.05, 4.69) is 36.2 Å². The van der Waals surface area contributed by atoms with E-state index in [-0.39, 0.29) is 5.57 Å². The van der Waals surface area contributed by atoms with Gasteiger partial charge in [-0.15, -0.1) is 0 Å². The number of anilines is 1. The van der Waals surface area contributed by atoms with Crippen molar-refractivity contribution in [3.63, 3.8) is 0 Å². The van der Waals surface area contributed by atoms with Crippen LogP contribution in [-0.4, -0.2) is 42.4 Å². The molecule has 4 amide bonds. The van der Waals surface area contributed by atoms with Crippen LogP contribution in [0.5, 0.6) is 0 Å². The second-order valence-electron chi connectivity index (χ2n) is 7.81. The van der Waals surface area contributed by atoms with Crippen LogP contribution in [0.3, 0.4) is 0 Å². The number of hydrogen-bond acceptors (Lipinski definition) is 4. The highest BCUT2D eigenvalue weighted by molar-refractivity contribution is 6.31. The van der Waals surface area contributed by atoms with Crippen molar-refractivity contribution in [2.45, 2.75) is 58.8 Å². The van der Waals surface area contributed by atoms with Crippen molar-refractivity contribution in [1.82, 2.24) is 10.2 Å². The minimum atomic E-state index is -0.617. The molecule has 1 aromatic carbocycles. The van der Waals surface area contributed by atoms with Crippen molar-refractivity contribution in [3.8, 4) is 0 Å². The van der Waals surface area contributed by atoms with Gasteiger partial charge < -0.3 is 4.90 Å². The number of unbranched alkanes of at least 4 members (excludes halogenated alkanes) is 4. The summed E-state index contributed by atoms with van der Waals surface area (Å²) in [4.78, 5) is 40.7. The predicted octanol–water partition coefficient (Wildman–Crippen LogP) is 3.89. The van der Waals surface area contributed by atoms with E-state index >= 15 is 0 Å². The van der Waals surface area contributed by atoms with Crippen LogP contribution in [-0.2, 0) is 16.0 Å². The van der Waals surface area contributed by atoms with E-state index < -0.39 is 17.8 Å². The molecular weight excluding hydrogens is 366 g/mol. The Hall–Kier alpha value is -2.63. The van der Waals surface area contributed by atoms with Crippen molar-refractivity contribution >= 4 is 29.6 Å². The fraction of sp³-hybridized carbons (Fsp3) is 0.522. The molecule has 0 radical (unpaired) electrons. The monoisotopic (exact) mass is 397 g/mol. The van der Waals surface area contributed by atoms with Crippen LogP contribution in [0, 0.1) is 0 Å². The quantitative estimate of drug-likeness (QED) is 0.390. The Labute approximate surface area is 172 Å². The highest BCUT2D eigenvalue weighted by atomic mass is 16.2. The fourth-order valence-electron chi connectivity index (χ4n) is 3.92. The Morgan fingerprint density at radius 1 is 1.00 bits per heavy atom. The topological polar surface area (TPSA) is 69.7 Å². The molecular formula is C23H31N3O3. The summed E-state index contributed by atoms with van der Waals surface area (Å²) in [5.41, 5.74) is 3.33. The molecule has 0 atom stereocenters. The first kappa shape index (κ1) is 21.1. The number of benzene rings is 1. The molecule has 1 N–H and O–H groups in total. The number of amides is 4. The number of barbiturate groups is 1. The van der Waals surface area contributed by atoms with Gasteiger partial charge in [0, 0.05) is 25.3 Å². The van der Waals surface area contributed by atoms with Crippen LogP contribution >= 0.6 is 0 Å². The number of hydrogen-bond donors (Lipinski definition) is 1. The summed E-state index contributed by atoms with van der Waals surface area (Å²) in [6, 6.07) is 5.45. The number of nitrogens with zero attached hydrogens (tertiary/aromatic N) is 2. The molecule has 156 valence electrons. The zero-order valence-electron chi connectivity index (χ0n) is 17.5. The summed E-state index contributed by atoms with van der Waals surface area (Å²) in [6.45, 7) is 6.70. The molecule has 1 fully saturated rings. The first-order valence-electron chi connectivity index (χ1n) is 10.8. The minimum absolute atomic E-state index is 0.0286. The Kier molecular flexibility index (Phi) is 7.07. The number of fused-ring (bicyclic) bond motifs is 1. The SMILES string of the molecule is CCCCCCN1C(=O)NC(=O)C(=Cc2ccc3c(c2)CCN3CCCC)C1=O. The van der Waals surface area contributed by atoms with Gasteiger partial charge in [0.25, 0.3) is 11.8 Å². The van der Waals surface area contributed by atoms with E-state index in [4.69, 9.17) is 0 Å². The number of rotatable bonds is 9. The lowest BCUT2D eigenvalue weighted by atomic mass is 10.0. The average molecular weight is 398 g/mol. The van der Waals surface area contributed by atoms with Crippen molar-refractivity contribution in [1.29, 1.82) is 0 Å². The first-order valence-corrected chi connectivity index (χ1v) is 10.8. The van der Waals surface area contributed by atoms with Crippen LogP contribution in [0.15, 0.2) is 23.8 Å². The second kappa shape index (κ2) is 9.72. The molecule has 0 bridgehead atoms. The van der Waals surface area contributed by atoms with Gasteiger partial charge in [0.15, 0.2) is 0 Å². The van der Waals surface area contributed by atoms with Crippen LogP contribution in [0.1, 0.15) is 63.5 Å². The molecule has 2 aliphatic rings. The van der Waals surface area contributed by atoms with E-state index in [1.54, 1.807) is 6.08 Å². The van der Waals surface area contributed by atoms with Crippen molar-refractivity contribution in [3.05, 3.63) is 34.9 Å². The van der Waals surface area contributed by atoms with Gasteiger partial charge in [-0.05, 0) is 48.6 Å². The van der Waals surface area contributed by atoms with Crippen LogP contribution in [0.25, 0.3) is 6.08 Å². The Bertz CT molecular complexity index is 816. The molecule has 1 saturated heterocycles. The van der Waals surface area contributed by atoms with Gasteiger partial charge in [0.2, 0.25) is 0 Å². The van der Waals surface area contributed by atoms with Crippen molar-refractivity contribution in [2.24, 2.45) is 0 Å². The van der Waals surface area contributed by atoms with Crippen molar-refractivity contribution in [2.75, 3.05) is 24.5 Å². The molecule has 29 heavy (non-hydrogen) atoms. The maximum Gasteiger partial charge on any atom is 0.331 e. The number of carbonyl (C=O) groups is 3. The minimum Gasteiger partial charge on any atom is -0.371 e. The van der Waals surface area contributed by atoms with Gasteiger partial charge in [0.1, 0.15) is 5.57 Å². The van der Waals surface area contributed by atoms with Gasteiger partial charge in [-0.1, -0.05) is 45.6 Å². The summed E-state index contributed by atoms with van der Waals surface area (Å²) in [7, 11) is 0. The number of urea groups is 1. The summed E-state index contributed by atoms with van der Waals surface area (Å²) in [5, 5.41) is 2.30. The summed E-state index contributed by atoms with van der Waals surface area (Å²) in [5.74, 6) is -1.12. The number of nitrogens with one attached hydrogen (secondary N) is 1. The maximum absolute atomic E-state index is 12.8. The Morgan fingerprint density at radius 2 is 1.79 bits per heavy atom. The Balaban J connectivity index is 1.75. The van der Waals surface area contributed by atoms with E-state index in [0.717, 1.165) is 55.7 Å². The smallest absolute Gasteiger partial charge is 0.331 e. The second-order valence-corrected chi connectivity index (χ2v) is 7.81. The molecule has 3 rings (SSSR count). The van der Waals surface area contributed by atoms with Gasteiger partial charge >= 0.3 is 6.03 Å². The normalized spacial score (nSPS) is 17.9. The molecule has 2 aliphatic heterocycles. The molecule has 0 saturated carbocycles. The summed E-state index contributed by atoms with van der Waals surface area (Å²) in [6.07, 6.45) is 8.77. The molecule has 0 spiro atoms. The molecule has 0 aromatic heterocycles. The lowest BCUT2D eigenvalue weighted by Gasteiger charge is -2.26. The van der Waals surface area contributed by atoms with Crippen LogP contribution in [0.4, 0.5) is 10.5 Å². The molecule has 6 heteroatoms. The van der Waals surface area contributed by atoms with Gasteiger partial charge in [-0.2, -0.15) is 0 Å². The average Bonchev–Trinajstić information content (AvgIpc) is 3.11. The molecule has 0 aliphatic carbocycles.